The molecule has 0 aliphatic heterocycles. The molecule has 2 N–H and O–H groups in total. The molecule has 0 aromatic carbocycles. The van der Waals surface area contributed by atoms with Gasteiger partial charge in [-0.25, -0.2) is 4.98 Å². The summed E-state index contributed by atoms with van der Waals surface area (Å²) in [6.45, 7) is 0. The predicted octanol–water partition coefficient (Wildman–Crippen LogP) is 1.19. The van der Waals surface area contributed by atoms with Crippen LogP contribution in [-0.2, 0) is 11.2 Å². The molecule has 0 radical (unpaired) electrons. The van der Waals surface area contributed by atoms with Crippen molar-refractivity contribution >= 4 is 11.8 Å². The standard InChI is InChI=1S/C11H12N4O3/c1-12-8-3-2-7(6-13-8)11-14-9(18-15-11)4-5-10(16)17/h2-3,6H,4-5H2,1H3,(H,12,13)(H,16,17). The van der Waals surface area contributed by atoms with Gasteiger partial charge in [0.15, 0.2) is 0 Å². The molecule has 94 valence electrons. The maximum Gasteiger partial charge on any atom is 0.303 e. The quantitative estimate of drug-likeness (QED) is 0.819. The maximum absolute atomic E-state index is 10.4. The van der Waals surface area contributed by atoms with Gasteiger partial charge in [0.1, 0.15) is 5.82 Å². The van der Waals surface area contributed by atoms with Crippen LogP contribution < -0.4 is 5.32 Å². The van der Waals surface area contributed by atoms with E-state index in [9.17, 15) is 4.79 Å². The Balaban J connectivity index is 2.10. The molecule has 0 spiro atoms. The van der Waals surface area contributed by atoms with Gasteiger partial charge in [0.05, 0.1) is 6.42 Å². The highest BCUT2D eigenvalue weighted by Gasteiger charge is 2.10. The first kappa shape index (κ1) is 12.0. The molecule has 2 heterocycles. The Hall–Kier alpha value is -2.44. The Kier molecular flexibility index (Phi) is 3.52. The second-order valence-corrected chi connectivity index (χ2v) is 3.59. The number of hydrogen-bond acceptors (Lipinski definition) is 6. The van der Waals surface area contributed by atoms with E-state index in [1.54, 1.807) is 19.3 Å². The first-order valence-electron chi connectivity index (χ1n) is 5.37. The van der Waals surface area contributed by atoms with Gasteiger partial charge in [-0.15, -0.1) is 0 Å². The molecule has 0 fully saturated rings. The largest absolute Gasteiger partial charge is 0.481 e. The highest BCUT2D eigenvalue weighted by atomic mass is 16.5. The number of rotatable bonds is 5. The molecule has 0 bridgehead atoms. The average Bonchev–Trinajstić information content (AvgIpc) is 2.85. The van der Waals surface area contributed by atoms with E-state index >= 15 is 0 Å². The van der Waals surface area contributed by atoms with Gasteiger partial charge in [0.2, 0.25) is 11.7 Å². The normalized spacial score (nSPS) is 10.3. The van der Waals surface area contributed by atoms with E-state index in [2.05, 4.69) is 20.4 Å². The van der Waals surface area contributed by atoms with Gasteiger partial charge < -0.3 is 14.9 Å². The van der Waals surface area contributed by atoms with Crippen LogP contribution in [0.3, 0.4) is 0 Å². The van der Waals surface area contributed by atoms with Crippen molar-refractivity contribution in [2.45, 2.75) is 12.8 Å². The predicted molar refractivity (Wildman–Crippen MR) is 63.0 cm³/mol. The monoisotopic (exact) mass is 248 g/mol. The average molecular weight is 248 g/mol. The van der Waals surface area contributed by atoms with Gasteiger partial charge in [-0.2, -0.15) is 4.98 Å². The third-order valence-corrected chi connectivity index (χ3v) is 2.30. The second-order valence-electron chi connectivity index (χ2n) is 3.59. The number of aliphatic carboxylic acids is 1. The third kappa shape index (κ3) is 2.82. The number of nitrogens with zero attached hydrogens (tertiary/aromatic N) is 3. The van der Waals surface area contributed by atoms with E-state index in [0.717, 1.165) is 11.4 Å². The third-order valence-electron chi connectivity index (χ3n) is 2.30. The van der Waals surface area contributed by atoms with Crippen molar-refractivity contribution in [3.63, 3.8) is 0 Å². The Bertz CT molecular complexity index is 535. The van der Waals surface area contributed by atoms with Crippen LogP contribution in [0.4, 0.5) is 5.82 Å². The summed E-state index contributed by atoms with van der Waals surface area (Å²) >= 11 is 0. The lowest BCUT2D eigenvalue weighted by atomic mass is 10.2. The van der Waals surface area contributed by atoms with Crippen LogP contribution in [0, 0.1) is 0 Å². The van der Waals surface area contributed by atoms with Gasteiger partial charge in [0.25, 0.3) is 0 Å². The Morgan fingerprint density at radius 1 is 1.50 bits per heavy atom. The Labute approximate surface area is 103 Å². The lowest BCUT2D eigenvalue weighted by Crippen LogP contribution is -1.97. The minimum absolute atomic E-state index is 0.0292. The minimum Gasteiger partial charge on any atom is -0.481 e. The van der Waals surface area contributed by atoms with Gasteiger partial charge in [-0.3, -0.25) is 4.79 Å². The molecule has 2 aromatic heterocycles. The molecule has 0 saturated carbocycles. The number of carboxylic acids is 1. The summed E-state index contributed by atoms with van der Waals surface area (Å²) < 4.78 is 4.96. The molecule has 0 amide bonds. The molecule has 18 heavy (non-hydrogen) atoms. The molecule has 0 aliphatic rings. The van der Waals surface area contributed by atoms with E-state index < -0.39 is 5.97 Å². The fourth-order valence-electron chi connectivity index (χ4n) is 1.36. The highest BCUT2D eigenvalue weighted by Crippen LogP contribution is 2.16. The van der Waals surface area contributed by atoms with Crippen LogP contribution in [0.1, 0.15) is 12.3 Å². The summed E-state index contributed by atoms with van der Waals surface area (Å²) in [6.07, 6.45) is 1.82. The SMILES string of the molecule is CNc1ccc(-c2noc(CCC(=O)O)n2)cn1. The van der Waals surface area contributed by atoms with Gasteiger partial charge in [0, 0.05) is 25.2 Å². The zero-order valence-corrected chi connectivity index (χ0v) is 9.75. The van der Waals surface area contributed by atoms with E-state index in [4.69, 9.17) is 9.63 Å². The summed E-state index contributed by atoms with van der Waals surface area (Å²) in [6, 6.07) is 3.60. The Morgan fingerprint density at radius 3 is 2.94 bits per heavy atom. The first-order valence-corrected chi connectivity index (χ1v) is 5.37. The summed E-state index contributed by atoms with van der Waals surface area (Å²) in [5, 5.41) is 15.2. The van der Waals surface area contributed by atoms with Crippen molar-refractivity contribution in [2.24, 2.45) is 0 Å². The summed E-state index contributed by atoms with van der Waals surface area (Å²) in [5.74, 6) is 0.568. The fourth-order valence-corrected chi connectivity index (χ4v) is 1.36. The van der Waals surface area contributed by atoms with Crippen molar-refractivity contribution in [3.05, 3.63) is 24.2 Å². The Morgan fingerprint density at radius 2 is 2.33 bits per heavy atom. The number of anilines is 1. The van der Waals surface area contributed by atoms with Gasteiger partial charge in [-0.1, -0.05) is 5.16 Å². The first-order chi connectivity index (χ1) is 8.69. The molecule has 7 heteroatoms. The van der Waals surface area contributed by atoms with Crippen molar-refractivity contribution in [1.82, 2.24) is 15.1 Å². The molecular formula is C11H12N4O3. The van der Waals surface area contributed by atoms with E-state index in [0.29, 0.717) is 11.7 Å². The number of hydrogen-bond donors (Lipinski definition) is 2. The highest BCUT2D eigenvalue weighted by molar-refractivity contribution is 5.66. The van der Waals surface area contributed by atoms with E-state index in [1.807, 2.05) is 6.07 Å². The molecule has 0 aliphatic carbocycles. The van der Waals surface area contributed by atoms with Crippen molar-refractivity contribution < 1.29 is 14.4 Å². The molecule has 0 unspecified atom stereocenters. The molecule has 0 atom stereocenters. The van der Waals surface area contributed by atoms with Gasteiger partial charge in [-0.05, 0) is 12.1 Å². The summed E-state index contributed by atoms with van der Waals surface area (Å²) in [7, 11) is 1.78. The van der Waals surface area contributed by atoms with Gasteiger partial charge >= 0.3 is 5.97 Å². The van der Waals surface area contributed by atoms with Crippen molar-refractivity contribution in [2.75, 3.05) is 12.4 Å². The lowest BCUT2D eigenvalue weighted by molar-refractivity contribution is -0.137. The maximum atomic E-state index is 10.4. The second kappa shape index (κ2) is 5.26. The van der Waals surface area contributed by atoms with E-state index in [-0.39, 0.29) is 12.8 Å². The van der Waals surface area contributed by atoms with Crippen molar-refractivity contribution in [3.8, 4) is 11.4 Å². The zero-order valence-electron chi connectivity index (χ0n) is 9.75. The summed E-state index contributed by atoms with van der Waals surface area (Å²) in [4.78, 5) is 18.6. The number of nitrogens with one attached hydrogen (secondary N) is 1. The zero-order chi connectivity index (χ0) is 13.0. The number of aryl methyl sites for hydroxylation is 1. The number of carboxylic acid groups (broad SMARTS) is 1. The van der Waals surface area contributed by atoms with Crippen LogP contribution in [-0.4, -0.2) is 33.2 Å². The van der Waals surface area contributed by atoms with E-state index in [1.165, 1.54) is 0 Å². The number of aromatic nitrogens is 3. The molecule has 0 saturated heterocycles. The lowest BCUT2D eigenvalue weighted by Gasteiger charge is -1.98. The number of carbonyl (C=O) groups is 1. The topological polar surface area (TPSA) is 101 Å². The molecule has 2 rings (SSSR count). The summed E-state index contributed by atoms with van der Waals surface area (Å²) in [5.41, 5.74) is 0.722. The van der Waals surface area contributed by atoms with Crippen LogP contribution in [0.5, 0.6) is 0 Å². The number of pyridine rings is 1. The van der Waals surface area contributed by atoms with Crippen molar-refractivity contribution in [1.29, 1.82) is 0 Å². The van der Waals surface area contributed by atoms with Crippen LogP contribution in [0.2, 0.25) is 0 Å². The van der Waals surface area contributed by atoms with Crippen LogP contribution in [0.25, 0.3) is 11.4 Å². The smallest absolute Gasteiger partial charge is 0.303 e. The van der Waals surface area contributed by atoms with Crippen LogP contribution >= 0.6 is 0 Å². The minimum atomic E-state index is -0.894. The fraction of sp³-hybridized carbons (Fsp3) is 0.273. The molecular weight excluding hydrogens is 236 g/mol. The molecule has 2 aromatic rings. The van der Waals surface area contributed by atoms with Crippen LogP contribution in [0.15, 0.2) is 22.9 Å². The molecule has 7 nitrogen and oxygen atoms in total.